The molecule has 2 aromatic heterocycles. The van der Waals surface area contributed by atoms with Crippen molar-refractivity contribution in [3.8, 4) is 28.3 Å². The second-order valence-electron chi connectivity index (χ2n) is 6.82. The zero-order chi connectivity index (χ0) is 19.5. The van der Waals surface area contributed by atoms with E-state index in [0.717, 1.165) is 47.5 Å². The largest absolute Gasteiger partial charge is 0.497 e. The minimum Gasteiger partial charge on any atom is -0.497 e. The van der Waals surface area contributed by atoms with Gasteiger partial charge in [-0.15, -0.1) is 0 Å². The fourth-order valence-corrected chi connectivity index (χ4v) is 3.59. The number of methoxy groups -OCH3 is 1. The van der Waals surface area contributed by atoms with Gasteiger partial charge in [-0.3, -0.25) is 9.59 Å². The number of carbonyl (C=O) groups is 1. The van der Waals surface area contributed by atoms with Crippen molar-refractivity contribution in [3.05, 3.63) is 59.3 Å². The van der Waals surface area contributed by atoms with Crippen LogP contribution in [0.3, 0.4) is 0 Å². The van der Waals surface area contributed by atoms with Gasteiger partial charge >= 0.3 is 0 Å². The topological polar surface area (TPSA) is 89.0 Å². The van der Waals surface area contributed by atoms with Crippen LogP contribution in [0.4, 0.5) is 0 Å². The summed E-state index contributed by atoms with van der Waals surface area (Å²) in [6, 6.07) is 10.5. The highest BCUT2D eigenvalue weighted by Gasteiger charge is 2.27. The number of aromatic nitrogens is 3. The molecule has 1 atom stereocenters. The summed E-state index contributed by atoms with van der Waals surface area (Å²) in [5.74, 6) is 0.763. The molecule has 0 saturated carbocycles. The van der Waals surface area contributed by atoms with Gasteiger partial charge < -0.3 is 19.6 Å². The molecule has 4 rings (SSSR count). The Labute approximate surface area is 162 Å². The van der Waals surface area contributed by atoms with Gasteiger partial charge in [-0.2, -0.15) is 0 Å². The fraction of sp³-hybridized carbons (Fsp3) is 0.286. The summed E-state index contributed by atoms with van der Waals surface area (Å²) in [6.45, 7) is 0.698. The van der Waals surface area contributed by atoms with Crippen molar-refractivity contribution >= 4 is 5.91 Å². The van der Waals surface area contributed by atoms with Crippen molar-refractivity contribution < 1.29 is 9.53 Å². The van der Waals surface area contributed by atoms with E-state index in [-0.39, 0.29) is 17.5 Å². The lowest BCUT2D eigenvalue weighted by atomic mass is 10.0. The summed E-state index contributed by atoms with van der Waals surface area (Å²) in [4.78, 5) is 31.5. The third-order valence-electron chi connectivity index (χ3n) is 5.06. The molecule has 0 unspecified atom stereocenters. The van der Waals surface area contributed by atoms with E-state index in [4.69, 9.17) is 4.74 Å². The Balaban J connectivity index is 1.86. The van der Waals surface area contributed by atoms with Gasteiger partial charge in [0.15, 0.2) is 0 Å². The lowest BCUT2D eigenvalue weighted by Gasteiger charge is -2.19. The summed E-state index contributed by atoms with van der Waals surface area (Å²) >= 11 is 0. The Hall–Kier alpha value is -3.35. The molecule has 1 aliphatic rings. The normalized spacial score (nSPS) is 17.0. The van der Waals surface area contributed by atoms with Crippen LogP contribution in [0.15, 0.2) is 53.7 Å². The average Bonchev–Trinajstić information content (AvgIpc) is 3.04. The van der Waals surface area contributed by atoms with Crippen molar-refractivity contribution in [2.75, 3.05) is 13.7 Å². The lowest BCUT2D eigenvalue weighted by Crippen LogP contribution is -2.30. The number of hydrogen-bond acceptors (Lipinski definition) is 4. The molecule has 1 saturated heterocycles. The quantitative estimate of drug-likeness (QED) is 0.731. The number of carbonyl (C=O) groups excluding carboxylic acids is 1. The standard InChI is InChI=1S/C21H22N4O3/c1-28-16-8-5-14(6-9-16)19-20(15-7-10-18(26)23-12-15)25(13-24-19)17-4-2-3-11-22-21(17)27/h5-10,12-13,17H,2-4,11H2,1H3,(H,22,27)(H,23,26)/t17-/m1/s1. The van der Waals surface area contributed by atoms with Gasteiger partial charge in [-0.05, 0) is 49.6 Å². The fourth-order valence-electron chi connectivity index (χ4n) is 3.59. The van der Waals surface area contributed by atoms with Crippen LogP contribution in [0.25, 0.3) is 22.5 Å². The molecule has 28 heavy (non-hydrogen) atoms. The first-order chi connectivity index (χ1) is 13.7. The Bertz CT molecular complexity index is 1020. The molecule has 3 aromatic rings. The van der Waals surface area contributed by atoms with E-state index in [2.05, 4.69) is 15.3 Å². The van der Waals surface area contributed by atoms with Crippen molar-refractivity contribution in [2.45, 2.75) is 25.3 Å². The minimum atomic E-state index is -0.330. The molecule has 0 radical (unpaired) electrons. The number of hydrogen-bond donors (Lipinski definition) is 2. The number of imidazole rings is 1. The van der Waals surface area contributed by atoms with E-state index in [0.29, 0.717) is 6.54 Å². The Morgan fingerprint density at radius 1 is 1.07 bits per heavy atom. The predicted octanol–water partition coefficient (Wildman–Crippen LogP) is 2.76. The van der Waals surface area contributed by atoms with Gasteiger partial charge in [0.05, 0.1) is 24.8 Å². The van der Waals surface area contributed by atoms with E-state index in [1.807, 2.05) is 28.8 Å². The molecule has 0 spiro atoms. The van der Waals surface area contributed by atoms with Crippen molar-refractivity contribution in [1.29, 1.82) is 0 Å². The maximum Gasteiger partial charge on any atom is 0.247 e. The molecule has 0 bridgehead atoms. The Morgan fingerprint density at radius 2 is 1.86 bits per heavy atom. The zero-order valence-corrected chi connectivity index (χ0v) is 15.6. The number of benzene rings is 1. The van der Waals surface area contributed by atoms with Crippen LogP contribution in [0.5, 0.6) is 5.75 Å². The molecular formula is C21H22N4O3. The highest BCUT2D eigenvalue weighted by Crippen LogP contribution is 2.35. The van der Waals surface area contributed by atoms with E-state index in [9.17, 15) is 9.59 Å². The summed E-state index contributed by atoms with van der Waals surface area (Å²) in [6.07, 6.45) is 6.06. The number of aromatic amines is 1. The number of H-pyrrole nitrogens is 1. The monoisotopic (exact) mass is 378 g/mol. The van der Waals surface area contributed by atoms with Gasteiger partial charge in [0, 0.05) is 29.9 Å². The molecule has 1 aromatic carbocycles. The second-order valence-corrected chi connectivity index (χ2v) is 6.82. The number of amides is 1. The SMILES string of the molecule is COc1ccc(-c2ncn([C@@H]3CCCCNC3=O)c2-c2ccc(=O)[nH]c2)cc1. The molecular weight excluding hydrogens is 356 g/mol. The molecule has 1 amide bonds. The van der Waals surface area contributed by atoms with Crippen LogP contribution in [-0.4, -0.2) is 34.1 Å². The number of ether oxygens (including phenoxy) is 1. The third-order valence-corrected chi connectivity index (χ3v) is 5.06. The number of nitrogens with zero attached hydrogens (tertiary/aromatic N) is 2. The highest BCUT2D eigenvalue weighted by molar-refractivity contribution is 5.84. The van der Waals surface area contributed by atoms with E-state index >= 15 is 0 Å². The van der Waals surface area contributed by atoms with Crippen molar-refractivity contribution in [1.82, 2.24) is 19.9 Å². The van der Waals surface area contributed by atoms with Crippen LogP contribution < -0.4 is 15.6 Å². The second kappa shape index (κ2) is 7.72. The summed E-state index contributed by atoms with van der Waals surface area (Å²) < 4.78 is 7.17. The van der Waals surface area contributed by atoms with Crippen LogP contribution in [0, 0.1) is 0 Å². The molecule has 3 heterocycles. The highest BCUT2D eigenvalue weighted by atomic mass is 16.5. The molecule has 144 valence electrons. The van der Waals surface area contributed by atoms with E-state index < -0.39 is 0 Å². The van der Waals surface area contributed by atoms with Crippen molar-refractivity contribution in [3.63, 3.8) is 0 Å². The average molecular weight is 378 g/mol. The Morgan fingerprint density at radius 3 is 2.57 bits per heavy atom. The lowest BCUT2D eigenvalue weighted by molar-refractivity contribution is -0.124. The van der Waals surface area contributed by atoms with Gasteiger partial charge in [-0.1, -0.05) is 0 Å². The predicted molar refractivity (Wildman–Crippen MR) is 106 cm³/mol. The van der Waals surface area contributed by atoms with Gasteiger partial charge in [0.25, 0.3) is 0 Å². The molecule has 0 aliphatic carbocycles. The summed E-state index contributed by atoms with van der Waals surface area (Å²) in [7, 11) is 1.63. The van der Waals surface area contributed by atoms with E-state index in [1.54, 1.807) is 25.7 Å². The number of pyridine rings is 1. The molecule has 1 fully saturated rings. The van der Waals surface area contributed by atoms with Gasteiger partial charge in [-0.25, -0.2) is 4.98 Å². The van der Waals surface area contributed by atoms with E-state index in [1.165, 1.54) is 6.07 Å². The minimum absolute atomic E-state index is 0.00172. The first kappa shape index (κ1) is 18.0. The van der Waals surface area contributed by atoms with Crippen LogP contribution in [0.2, 0.25) is 0 Å². The number of rotatable bonds is 4. The van der Waals surface area contributed by atoms with Gasteiger partial charge in [0.1, 0.15) is 11.8 Å². The molecule has 2 N–H and O–H groups in total. The molecule has 7 nitrogen and oxygen atoms in total. The van der Waals surface area contributed by atoms with Crippen LogP contribution >= 0.6 is 0 Å². The van der Waals surface area contributed by atoms with Crippen molar-refractivity contribution in [2.24, 2.45) is 0 Å². The zero-order valence-electron chi connectivity index (χ0n) is 15.6. The molecule has 1 aliphatic heterocycles. The van der Waals surface area contributed by atoms with Crippen LogP contribution in [-0.2, 0) is 4.79 Å². The summed E-state index contributed by atoms with van der Waals surface area (Å²) in [5, 5.41) is 2.98. The smallest absolute Gasteiger partial charge is 0.247 e. The molecule has 7 heteroatoms. The summed E-state index contributed by atoms with van der Waals surface area (Å²) in [5.41, 5.74) is 3.11. The third kappa shape index (κ3) is 3.43. The first-order valence-electron chi connectivity index (χ1n) is 9.35. The maximum absolute atomic E-state index is 12.6. The first-order valence-corrected chi connectivity index (χ1v) is 9.35. The number of nitrogens with one attached hydrogen (secondary N) is 2. The van der Waals surface area contributed by atoms with Crippen LogP contribution in [0.1, 0.15) is 25.3 Å². The van der Waals surface area contributed by atoms with Gasteiger partial charge in [0.2, 0.25) is 11.5 Å². The maximum atomic E-state index is 12.6. The Kier molecular flexibility index (Phi) is 4.97.